The summed E-state index contributed by atoms with van der Waals surface area (Å²) in [5.74, 6) is 1.78. The highest BCUT2D eigenvalue weighted by Crippen LogP contribution is 1.99. The van der Waals surface area contributed by atoms with E-state index in [0.717, 1.165) is 64.0 Å². The van der Waals surface area contributed by atoms with Crippen molar-refractivity contribution < 1.29 is 13.9 Å². The van der Waals surface area contributed by atoms with E-state index in [0.29, 0.717) is 6.61 Å². The van der Waals surface area contributed by atoms with E-state index < -0.39 is 0 Å². The number of hydrogen-bond acceptors (Lipinski definition) is 4. The van der Waals surface area contributed by atoms with Crippen molar-refractivity contribution in [1.29, 1.82) is 0 Å². The van der Waals surface area contributed by atoms with Crippen molar-refractivity contribution in [2.75, 3.05) is 46.1 Å². The number of rotatable bonds is 12. The van der Waals surface area contributed by atoms with Crippen LogP contribution in [0.25, 0.3) is 0 Å². The van der Waals surface area contributed by atoms with Crippen LogP contribution in [0.5, 0.6) is 0 Å². The molecular weight excluding hydrogens is 409 g/mol. The van der Waals surface area contributed by atoms with Crippen LogP contribution in [0.15, 0.2) is 27.8 Å². The molecule has 0 aliphatic heterocycles. The molecule has 0 radical (unpaired) electrons. The van der Waals surface area contributed by atoms with Gasteiger partial charge in [-0.2, -0.15) is 0 Å². The number of furan rings is 1. The first kappa shape index (κ1) is 22.2. The van der Waals surface area contributed by atoms with Gasteiger partial charge >= 0.3 is 0 Å². The minimum absolute atomic E-state index is 0. The van der Waals surface area contributed by atoms with Crippen LogP contribution in [0.3, 0.4) is 0 Å². The molecule has 0 spiro atoms. The summed E-state index contributed by atoms with van der Waals surface area (Å²) in [4.78, 5) is 4.54. The van der Waals surface area contributed by atoms with Crippen LogP contribution < -0.4 is 10.6 Å². The summed E-state index contributed by atoms with van der Waals surface area (Å²) in [6.45, 7) is 9.16. The topological polar surface area (TPSA) is 68.0 Å². The van der Waals surface area contributed by atoms with E-state index in [-0.39, 0.29) is 24.0 Å². The van der Waals surface area contributed by atoms with Crippen molar-refractivity contribution in [2.24, 2.45) is 4.99 Å². The molecule has 23 heavy (non-hydrogen) atoms. The molecule has 0 amide bonds. The summed E-state index contributed by atoms with van der Waals surface area (Å²) >= 11 is 0. The van der Waals surface area contributed by atoms with E-state index in [1.54, 1.807) is 6.26 Å². The third-order valence-electron chi connectivity index (χ3n) is 2.91. The molecule has 1 aromatic rings. The molecule has 0 saturated heterocycles. The van der Waals surface area contributed by atoms with Gasteiger partial charge in [0.05, 0.1) is 12.9 Å². The normalized spacial score (nSPS) is 11.1. The number of nitrogens with one attached hydrogen (secondary N) is 2. The van der Waals surface area contributed by atoms with Crippen LogP contribution in [-0.4, -0.2) is 52.0 Å². The van der Waals surface area contributed by atoms with Gasteiger partial charge in [0.15, 0.2) is 5.96 Å². The highest BCUT2D eigenvalue weighted by atomic mass is 127. The van der Waals surface area contributed by atoms with Crippen molar-refractivity contribution in [1.82, 2.24) is 10.6 Å². The van der Waals surface area contributed by atoms with Crippen molar-refractivity contribution in [3.63, 3.8) is 0 Å². The third kappa shape index (κ3) is 12.3. The second kappa shape index (κ2) is 16.1. The van der Waals surface area contributed by atoms with Gasteiger partial charge in [0.1, 0.15) is 5.76 Å². The monoisotopic (exact) mass is 439 g/mol. The molecule has 0 saturated carbocycles. The first-order valence-electron chi connectivity index (χ1n) is 8.06. The molecule has 1 rings (SSSR count). The standard InChI is InChI=1S/C16H29N3O3.HI/c1-3-20-12-6-9-17-16(19-11-14-21-4-2)18-10-8-15-7-5-13-22-15;/h5,7,13H,3-4,6,8-12,14H2,1-2H3,(H2,17,18,19);1H. The SMILES string of the molecule is CCOCCCN=C(NCCOCC)NCCc1ccco1.I. The van der Waals surface area contributed by atoms with Gasteiger partial charge in [0.2, 0.25) is 0 Å². The molecular formula is C16H30IN3O3. The number of nitrogens with zero attached hydrogens (tertiary/aromatic N) is 1. The minimum Gasteiger partial charge on any atom is -0.469 e. The predicted octanol–water partition coefficient (Wildman–Crippen LogP) is 2.44. The van der Waals surface area contributed by atoms with E-state index >= 15 is 0 Å². The smallest absolute Gasteiger partial charge is 0.191 e. The van der Waals surface area contributed by atoms with E-state index in [4.69, 9.17) is 13.9 Å². The van der Waals surface area contributed by atoms with Crippen LogP contribution in [0.2, 0.25) is 0 Å². The molecule has 1 aromatic heterocycles. The Balaban J connectivity index is 0.00000484. The number of halogens is 1. The van der Waals surface area contributed by atoms with Crippen LogP contribution in [0, 0.1) is 0 Å². The maximum Gasteiger partial charge on any atom is 0.191 e. The molecule has 1 heterocycles. The Morgan fingerprint density at radius 1 is 1.13 bits per heavy atom. The average Bonchev–Trinajstić information content (AvgIpc) is 3.04. The van der Waals surface area contributed by atoms with Crippen LogP contribution in [0.4, 0.5) is 0 Å². The fraction of sp³-hybridized carbons (Fsp3) is 0.688. The fourth-order valence-electron chi connectivity index (χ4n) is 1.82. The number of guanidine groups is 1. The number of hydrogen-bond donors (Lipinski definition) is 2. The zero-order valence-electron chi connectivity index (χ0n) is 14.2. The number of aliphatic imine (C=N–C) groups is 1. The van der Waals surface area contributed by atoms with Gasteiger partial charge in [-0.3, -0.25) is 4.99 Å². The van der Waals surface area contributed by atoms with Gasteiger partial charge in [0.25, 0.3) is 0 Å². The summed E-state index contributed by atoms with van der Waals surface area (Å²) < 4.78 is 16.0. The van der Waals surface area contributed by atoms with Gasteiger partial charge < -0.3 is 24.5 Å². The van der Waals surface area contributed by atoms with Crippen molar-refractivity contribution >= 4 is 29.9 Å². The van der Waals surface area contributed by atoms with E-state index in [9.17, 15) is 0 Å². The molecule has 134 valence electrons. The molecule has 0 aliphatic rings. The molecule has 0 bridgehead atoms. The molecule has 0 unspecified atom stereocenters. The minimum atomic E-state index is 0. The third-order valence-corrected chi connectivity index (χ3v) is 2.91. The first-order valence-corrected chi connectivity index (χ1v) is 8.06. The maximum absolute atomic E-state index is 5.32. The second-order valence-electron chi connectivity index (χ2n) is 4.66. The Hall–Kier alpha value is -0.800. The highest BCUT2D eigenvalue weighted by molar-refractivity contribution is 14.0. The van der Waals surface area contributed by atoms with Crippen molar-refractivity contribution in [3.05, 3.63) is 24.2 Å². The molecule has 7 heteroatoms. The lowest BCUT2D eigenvalue weighted by molar-refractivity contribution is 0.146. The largest absolute Gasteiger partial charge is 0.469 e. The molecule has 2 N–H and O–H groups in total. The zero-order chi connectivity index (χ0) is 15.9. The lowest BCUT2D eigenvalue weighted by atomic mass is 10.3. The van der Waals surface area contributed by atoms with Gasteiger partial charge in [-0.1, -0.05) is 0 Å². The van der Waals surface area contributed by atoms with Gasteiger partial charge in [-0.25, -0.2) is 0 Å². The van der Waals surface area contributed by atoms with Crippen LogP contribution in [-0.2, 0) is 15.9 Å². The Morgan fingerprint density at radius 2 is 1.87 bits per heavy atom. The first-order chi connectivity index (χ1) is 10.9. The Labute approximate surface area is 156 Å². The van der Waals surface area contributed by atoms with Crippen LogP contribution >= 0.6 is 24.0 Å². The molecule has 0 atom stereocenters. The van der Waals surface area contributed by atoms with Gasteiger partial charge in [-0.05, 0) is 32.4 Å². The van der Waals surface area contributed by atoms with Gasteiger partial charge in [-0.15, -0.1) is 24.0 Å². The lowest BCUT2D eigenvalue weighted by Crippen LogP contribution is -2.40. The summed E-state index contributed by atoms with van der Waals surface area (Å²) in [5, 5.41) is 6.58. The Bertz CT molecular complexity index is 386. The highest BCUT2D eigenvalue weighted by Gasteiger charge is 2.00. The average molecular weight is 439 g/mol. The van der Waals surface area contributed by atoms with Gasteiger partial charge in [0, 0.05) is 45.9 Å². The van der Waals surface area contributed by atoms with Crippen molar-refractivity contribution in [3.8, 4) is 0 Å². The Morgan fingerprint density at radius 3 is 2.57 bits per heavy atom. The summed E-state index contributed by atoms with van der Waals surface area (Å²) in [6, 6.07) is 3.88. The fourth-order valence-corrected chi connectivity index (χ4v) is 1.82. The van der Waals surface area contributed by atoms with E-state index in [1.165, 1.54) is 0 Å². The quantitative estimate of drug-likeness (QED) is 0.227. The predicted molar refractivity (Wildman–Crippen MR) is 104 cm³/mol. The summed E-state index contributed by atoms with van der Waals surface area (Å²) in [5.41, 5.74) is 0. The number of ether oxygens (including phenoxy) is 2. The van der Waals surface area contributed by atoms with Crippen molar-refractivity contribution in [2.45, 2.75) is 26.7 Å². The Kier molecular flexibility index (Phi) is 15.5. The second-order valence-corrected chi connectivity index (χ2v) is 4.66. The van der Waals surface area contributed by atoms with Crippen LogP contribution in [0.1, 0.15) is 26.0 Å². The summed E-state index contributed by atoms with van der Waals surface area (Å²) in [7, 11) is 0. The zero-order valence-corrected chi connectivity index (χ0v) is 16.5. The van der Waals surface area contributed by atoms with E-state index in [1.807, 2.05) is 26.0 Å². The summed E-state index contributed by atoms with van der Waals surface area (Å²) in [6.07, 6.45) is 3.45. The lowest BCUT2D eigenvalue weighted by Gasteiger charge is -2.12. The maximum atomic E-state index is 5.32. The molecule has 0 fully saturated rings. The molecule has 0 aliphatic carbocycles. The molecule has 6 nitrogen and oxygen atoms in total. The van der Waals surface area contributed by atoms with E-state index in [2.05, 4.69) is 15.6 Å². The molecule has 0 aromatic carbocycles.